The first-order chi connectivity index (χ1) is 17.4. The Kier molecular flexibility index (Phi) is 5.26. The van der Waals surface area contributed by atoms with Crippen LogP contribution in [0.2, 0.25) is 0 Å². The van der Waals surface area contributed by atoms with Crippen molar-refractivity contribution < 1.29 is 0 Å². The molecule has 0 saturated carbocycles. The predicted octanol–water partition coefficient (Wildman–Crippen LogP) is 10.0. The Morgan fingerprint density at radius 3 is 1.97 bits per heavy atom. The summed E-state index contributed by atoms with van der Waals surface area (Å²) in [5, 5.41) is 2.60. The van der Waals surface area contributed by atoms with E-state index < -0.39 is 0 Å². The van der Waals surface area contributed by atoms with Gasteiger partial charge in [0.25, 0.3) is 0 Å². The molecule has 0 N–H and O–H groups in total. The van der Waals surface area contributed by atoms with Gasteiger partial charge in [0, 0.05) is 22.2 Å². The maximum Gasteiger partial charge on any atom is 0.0543 e. The summed E-state index contributed by atoms with van der Waals surface area (Å²) in [5.41, 5.74) is 11.8. The van der Waals surface area contributed by atoms with Crippen LogP contribution in [0, 0.1) is 6.92 Å². The van der Waals surface area contributed by atoms with Gasteiger partial charge in [0.2, 0.25) is 0 Å². The van der Waals surface area contributed by atoms with Crippen molar-refractivity contribution in [2.75, 3.05) is 4.90 Å². The molecule has 0 atom stereocenters. The molecule has 6 rings (SSSR count). The van der Waals surface area contributed by atoms with Gasteiger partial charge in [-0.15, -0.1) is 0 Å². The van der Waals surface area contributed by atoms with Gasteiger partial charge in [-0.3, -0.25) is 0 Å². The van der Waals surface area contributed by atoms with E-state index in [0.29, 0.717) is 5.92 Å². The lowest BCUT2D eigenvalue weighted by atomic mass is 9.81. The lowest BCUT2D eigenvalue weighted by Crippen LogP contribution is -2.17. The molecule has 0 saturated heterocycles. The molecule has 0 unspecified atom stereocenters. The van der Waals surface area contributed by atoms with Gasteiger partial charge in [0.1, 0.15) is 0 Å². The molecule has 36 heavy (non-hydrogen) atoms. The molecule has 0 spiro atoms. The Morgan fingerprint density at radius 2 is 1.28 bits per heavy atom. The Balaban J connectivity index is 1.66. The third-order valence-electron chi connectivity index (χ3n) is 7.89. The Morgan fingerprint density at radius 1 is 0.639 bits per heavy atom. The topological polar surface area (TPSA) is 3.24 Å². The van der Waals surface area contributed by atoms with Gasteiger partial charge in [0.05, 0.1) is 5.69 Å². The second kappa shape index (κ2) is 8.38. The molecule has 0 aliphatic heterocycles. The average Bonchev–Trinajstić information content (AvgIpc) is 3.11. The van der Waals surface area contributed by atoms with Crippen molar-refractivity contribution in [3.63, 3.8) is 0 Å². The third kappa shape index (κ3) is 3.45. The zero-order valence-electron chi connectivity index (χ0n) is 21.8. The van der Waals surface area contributed by atoms with E-state index >= 15 is 0 Å². The fourth-order valence-electron chi connectivity index (χ4n) is 5.88. The smallest absolute Gasteiger partial charge is 0.0543 e. The number of fused-ring (bicyclic) bond motifs is 5. The molecule has 178 valence electrons. The number of hydrogen-bond donors (Lipinski definition) is 0. The number of benzene rings is 5. The summed E-state index contributed by atoms with van der Waals surface area (Å²) >= 11 is 0. The molecular weight excluding hydrogens is 434 g/mol. The highest BCUT2D eigenvalue weighted by molar-refractivity contribution is 6.09. The van der Waals surface area contributed by atoms with E-state index in [2.05, 4.69) is 143 Å². The number of hydrogen-bond acceptors (Lipinski definition) is 1. The molecule has 0 fully saturated rings. The van der Waals surface area contributed by atoms with Crippen LogP contribution in [0.25, 0.3) is 21.9 Å². The highest BCUT2D eigenvalue weighted by Gasteiger charge is 2.37. The van der Waals surface area contributed by atoms with Crippen molar-refractivity contribution in [1.29, 1.82) is 0 Å². The van der Waals surface area contributed by atoms with Gasteiger partial charge in [0.15, 0.2) is 0 Å². The van der Waals surface area contributed by atoms with Crippen molar-refractivity contribution >= 4 is 27.8 Å². The summed E-state index contributed by atoms with van der Waals surface area (Å²) in [5.74, 6) is 0.507. The molecule has 0 amide bonds. The van der Waals surface area contributed by atoms with Crippen LogP contribution in [0.4, 0.5) is 17.1 Å². The first-order valence-corrected chi connectivity index (χ1v) is 13.0. The van der Waals surface area contributed by atoms with Gasteiger partial charge >= 0.3 is 0 Å². The predicted molar refractivity (Wildman–Crippen MR) is 155 cm³/mol. The van der Waals surface area contributed by atoms with Crippen molar-refractivity contribution in [1.82, 2.24) is 0 Å². The molecule has 5 aromatic rings. The van der Waals surface area contributed by atoms with Gasteiger partial charge in [-0.05, 0) is 76.4 Å². The standard InChI is InChI=1S/C35H33N/c1-23(2)25-16-18-27(19-17-25)36(26-11-7-6-8-12-26)33-22-32-34(29-14-10-9-13-28(29)33)30-20-15-24(3)21-31(30)35(32,4)5/h6-23H,1-5H3. The lowest BCUT2D eigenvalue weighted by molar-refractivity contribution is 0.660. The Labute approximate surface area is 215 Å². The summed E-state index contributed by atoms with van der Waals surface area (Å²) in [4.78, 5) is 2.43. The van der Waals surface area contributed by atoms with Crippen LogP contribution in [0.1, 0.15) is 55.9 Å². The normalized spacial score (nSPS) is 13.6. The zero-order chi connectivity index (χ0) is 25.0. The zero-order valence-corrected chi connectivity index (χ0v) is 21.8. The van der Waals surface area contributed by atoms with Crippen molar-refractivity contribution in [3.8, 4) is 11.1 Å². The molecule has 1 nitrogen and oxygen atoms in total. The maximum absolute atomic E-state index is 2.45. The SMILES string of the molecule is Cc1ccc2c(c1)C(C)(C)c1cc(N(c3ccccc3)c3ccc(C(C)C)cc3)c3ccccc3c1-2. The molecule has 1 heteroatoms. The number of aryl methyl sites for hydroxylation is 1. The second-order valence-corrected chi connectivity index (χ2v) is 11.0. The van der Waals surface area contributed by atoms with E-state index in [-0.39, 0.29) is 5.41 Å². The summed E-state index contributed by atoms with van der Waals surface area (Å²) in [7, 11) is 0. The van der Waals surface area contributed by atoms with Crippen molar-refractivity contribution in [2.24, 2.45) is 0 Å². The minimum atomic E-state index is -0.0701. The van der Waals surface area contributed by atoms with Crippen molar-refractivity contribution in [2.45, 2.75) is 46.0 Å². The molecule has 0 radical (unpaired) electrons. The number of rotatable bonds is 4. The summed E-state index contributed by atoms with van der Waals surface area (Å²) < 4.78 is 0. The molecular formula is C35H33N. The monoisotopic (exact) mass is 467 g/mol. The first-order valence-electron chi connectivity index (χ1n) is 13.0. The van der Waals surface area contributed by atoms with Crippen LogP contribution in [0.5, 0.6) is 0 Å². The average molecular weight is 468 g/mol. The summed E-state index contributed by atoms with van der Waals surface area (Å²) in [6.45, 7) is 11.4. The van der Waals surface area contributed by atoms with E-state index in [1.165, 1.54) is 61.2 Å². The second-order valence-electron chi connectivity index (χ2n) is 11.0. The van der Waals surface area contributed by atoms with E-state index in [0.717, 1.165) is 0 Å². The van der Waals surface area contributed by atoms with Gasteiger partial charge in [-0.25, -0.2) is 0 Å². The van der Waals surface area contributed by atoms with Crippen LogP contribution in [0.15, 0.2) is 103 Å². The lowest BCUT2D eigenvalue weighted by Gasteiger charge is -2.30. The fraction of sp³-hybridized carbons (Fsp3) is 0.200. The quantitative estimate of drug-likeness (QED) is 0.254. The van der Waals surface area contributed by atoms with Crippen molar-refractivity contribution in [3.05, 3.63) is 125 Å². The van der Waals surface area contributed by atoms with Gasteiger partial charge < -0.3 is 4.90 Å². The summed E-state index contributed by atoms with van der Waals surface area (Å²) in [6, 6.07) is 38.2. The van der Waals surface area contributed by atoms with Crippen LogP contribution in [0.3, 0.4) is 0 Å². The third-order valence-corrected chi connectivity index (χ3v) is 7.89. The molecule has 0 heterocycles. The molecule has 1 aliphatic carbocycles. The van der Waals surface area contributed by atoms with Gasteiger partial charge in [-0.1, -0.05) is 106 Å². The fourth-order valence-corrected chi connectivity index (χ4v) is 5.88. The van der Waals surface area contributed by atoms with Crippen LogP contribution >= 0.6 is 0 Å². The van der Waals surface area contributed by atoms with Gasteiger partial charge in [-0.2, -0.15) is 0 Å². The van der Waals surface area contributed by atoms with Crippen LogP contribution in [-0.2, 0) is 5.41 Å². The number of anilines is 3. The molecule has 1 aliphatic rings. The highest BCUT2D eigenvalue weighted by Crippen LogP contribution is 2.54. The van der Waals surface area contributed by atoms with E-state index in [4.69, 9.17) is 0 Å². The minimum Gasteiger partial charge on any atom is -0.310 e. The molecule has 0 bridgehead atoms. The van der Waals surface area contributed by atoms with Crippen LogP contribution < -0.4 is 4.90 Å². The Bertz CT molecular complexity index is 1570. The van der Waals surface area contributed by atoms with E-state index in [9.17, 15) is 0 Å². The number of para-hydroxylation sites is 1. The number of nitrogens with zero attached hydrogens (tertiary/aromatic N) is 1. The first kappa shape index (κ1) is 22.6. The highest BCUT2D eigenvalue weighted by atomic mass is 15.1. The molecule has 0 aromatic heterocycles. The summed E-state index contributed by atoms with van der Waals surface area (Å²) in [6.07, 6.45) is 0. The minimum absolute atomic E-state index is 0.0701. The van der Waals surface area contributed by atoms with E-state index in [1.807, 2.05) is 0 Å². The largest absolute Gasteiger partial charge is 0.310 e. The Hall–Kier alpha value is -3.84. The molecule has 5 aromatic carbocycles. The van der Waals surface area contributed by atoms with Crippen LogP contribution in [-0.4, -0.2) is 0 Å². The maximum atomic E-state index is 2.45. The van der Waals surface area contributed by atoms with E-state index in [1.54, 1.807) is 0 Å².